The number of thiazole rings is 1. The second kappa shape index (κ2) is 8.03. The highest BCUT2D eigenvalue weighted by atomic mass is 32.1. The predicted octanol–water partition coefficient (Wildman–Crippen LogP) is 3.40. The van der Waals surface area contributed by atoms with Crippen LogP contribution in [-0.2, 0) is 0 Å². The molecule has 0 saturated carbocycles. The Kier molecular flexibility index (Phi) is 5.81. The average Bonchev–Trinajstić information content (AvgIpc) is 3.12. The fourth-order valence-electron chi connectivity index (χ4n) is 2.46. The van der Waals surface area contributed by atoms with Gasteiger partial charge in [0.15, 0.2) is 11.8 Å². The van der Waals surface area contributed by atoms with Crippen molar-refractivity contribution < 1.29 is 27.5 Å². The molecule has 7 nitrogen and oxygen atoms in total. The summed E-state index contributed by atoms with van der Waals surface area (Å²) in [5, 5.41) is 14.3. The zero-order valence-corrected chi connectivity index (χ0v) is 16.3. The summed E-state index contributed by atoms with van der Waals surface area (Å²) in [6.07, 6.45) is -6.83. The van der Waals surface area contributed by atoms with Gasteiger partial charge >= 0.3 is 6.18 Å². The van der Waals surface area contributed by atoms with Crippen molar-refractivity contribution in [3.8, 4) is 0 Å². The van der Waals surface area contributed by atoms with Crippen LogP contribution in [0.5, 0.6) is 0 Å². The molecule has 2 heterocycles. The van der Waals surface area contributed by atoms with Gasteiger partial charge in [0.2, 0.25) is 0 Å². The molecular formula is C18H17F4N5O2S. The zero-order chi connectivity index (χ0) is 22.1. The molecule has 0 aliphatic carbocycles. The van der Waals surface area contributed by atoms with Gasteiger partial charge in [0.1, 0.15) is 5.82 Å². The largest absolute Gasteiger partial charge is 0.419 e. The van der Waals surface area contributed by atoms with Crippen molar-refractivity contribution >= 4 is 44.7 Å². The van der Waals surface area contributed by atoms with E-state index < -0.39 is 30.4 Å². The van der Waals surface area contributed by atoms with Crippen molar-refractivity contribution in [1.82, 2.24) is 15.3 Å². The number of carbonyl (C=O) groups excluding carboxylic acids is 1. The number of fused-ring (bicyclic) bond motifs is 1. The molecule has 3 aromatic rings. The molecule has 160 valence electrons. The number of alkyl halides is 4. The number of rotatable bonds is 6. The second-order valence-electron chi connectivity index (χ2n) is 6.64. The van der Waals surface area contributed by atoms with Gasteiger partial charge in [0, 0.05) is 23.6 Å². The first-order valence-electron chi connectivity index (χ1n) is 8.56. The number of hydrogen-bond acceptors (Lipinski definition) is 7. The number of nitrogens with two attached hydrogens (primary N) is 1. The van der Waals surface area contributed by atoms with E-state index >= 15 is 0 Å². The Bertz CT molecular complexity index is 1070. The van der Waals surface area contributed by atoms with E-state index in [1.165, 1.54) is 17.4 Å². The molecule has 2 atom stereocenters. The third kappa shape index (κ3) is 4.44. The van der Waals surface area contributed by atoms with Gasteiger partial charge in [0.25, 0.3) is 5.91 Å². The van der Waals surface area contributed by atoms with Crippen LogP contribution in [0.4, 0.5) is 34.8 Å². The lowest BCUT2D eigenvalue weighted by Gasteiger charge is -2.29. The van der Waals surface area contributed by atoms with Crippen molar-refractivity contribution in [2.45, 2.75) is 24.9 Å². The summed E-state index contributed by atoms with van der Waals surface area (Å²) in [6, 6.07) is 6.83. The molecule has 12 heteroatoms. The van der Waals surface area contributed by atoms with Crippen LogP contribution in [0.3, 0.4) is 0 Å². The number of aliphatic hydroxyl groups is 1. The number of halogens is 4. The standard InChI is InChI=1S/C18H17F4N5O2S/c1-17(29,18(20,21)22)14(19)7-25-16(28)10-6-24-15(5-11(10)23)27-9-2-3-12-13(4-9)30-8-26-12/h2-6,8,14,29H,7H2,1H3,(H,25,28)(H3,23,24,27)/t14-,17?/m1/s1. The first-order valence-corrected chi connectivity index (χ1v) is 9.44. The van der Waals surface area contributed by atoms with Gasteiger partial charge in [-0.15, -0.1) is 11.3 Å². The van der Waals surface area contributed by atoms with Gasteiger partial charge in [0.05, 0.1) is 27.8 Å². The maximum absolute atomic E-state index is 13.8. The molecule has 1 unspecified atom stereocenters. The smallest absolute Gasteiger partial charge is 0.398 e. The Morgan fingerprint density at radius 2 is 2.03 bits per heavy atom. The lowest BCUT2D eigenvalue weighted by Crippen LogP contribution is -2.54. The first kappa shape index (κ1) is 21.7. The topological polar surface area (TPSA) is 113 Å². The summed E-state index contributed by atoms with van der Waals surface area (Å²) in [6.45, 7) is -0.760. The van der Waals surface area contributed by atoms with E-state index in [1.807, 2.05) is 17.4 Å². The molecule has 0 saturated heterocycles. The Morgan fingerprint density at radius 1 is 1.30 bits per heavy atom. The number of amides is 1. The van der Waals surface area contributed by atoms with Crippen LogP contribution in [0.15, 0.2) is 36.0 Å². The molecule has 30 heavy (non-hydrogen) atoms. The van der Waals surface area contributed by atoms with E-state index in [-0.39, 0.29) is 11.3 Å². The Morgan fingerprint density at radius 3 is 2.70 bits per heavy atom. The third-order valence-electron chi connectivity index (χ3n) is 4.41. The second-order valence-corrected chi connectivity index (χ2v) is 7.53. The van der Waals surface area contributed by atoms with Crippen LogP contribution in [0.2, 0.25) is 0 Å². The van der Waals surface area contributed by atoms with Gasteiger partial charge in [-0.3, -0.25) is 4.79 Å². The minimum atomic E-state index is -5.19. The van der Waals surface area contributed by atoms with Gasteiger partial charge in [-0.2, -0.15) is 13.2 Å². The molecule has 0 radical (unpaired) electrons. The van der Waals surface area contributed by atoms with E-state index in [0.717, 1.165) is 16.4 Å². The Labute approximate surface area is 171 Å². The quantitative estimate of drug-likeness (QED) is 0.435. The summed E-state index contributed by atoms with van der Waals surface area (Å²) in [7, 11) is 0. The highest BCUT2D eigenvalue weighted by molar-refractivity contribution is 7.16. The van der Waals surface area contributed by atoms with Crippen LogP contribution in [0.25, 0.3) is 10.2 Å². The maximum Gasteiger partial charge on any atom is 0.419 e. The molecule has 0 fully saturated rings. The zero-order valence-electron chi connectivity index (χ0n) is 15.5. The molecular weight excluding hydrogens is 426 g/mol. The van der Waals surface area contributed by atoms with Crippen LogP contribution in [0.1, 0.15) is 17.3 Å². The van der Waals surface area contributed by atoms with Crippen LogP contribution >= 0.6 is 11.3 Å². The van der Waals surface area contributed by atoms with E-state index in [4.69, 9.17) is 5.73 Å². The number of hydrogen-bond donors (Lipinski definition) is 4. The molecule has 0 bridgehead atoms. The monoisotopic (exact) mass is 443 g/mol. The summed E-state index contributed by atoms with van der Waals surface area (Å²) in [5.74, 6) is -0.588. The fourth-order valence-corrected chi connectivity index (χ4v) is 3.18. The van der Waals surface area contributed by atoms with E-state index in [2.05, 4.69) is 15.3 Å². The number of nitrogen functional groups attached to an aromatic ring is 1. The van der Waals surface area contributed by atoms with Crippen molar-refractivity contribution in [1.29, 1.82) is 0 Å². The van der Waals surface area contributed by atoms with E-state index in [0.29, 0.717) is 18.4 Å². The van der Waals surface area contributed by atoms with Gasteiger partial charge < -0.3 is 21.5 Å². The molecule has 0 aliphatic heterocycles. The van der Waals surface area contributed by atoms with Gasteiger partial charge in [-0.1, -0.05) is 0 Å². The molecule has 3 rings (SSSR count). The highest BCUT2D eigenvalue weighted by Crippen LogP contribution is 2.34. The number of anilines is 3. The van der Waals surface area contributed by atoms with E-state index in [1.54, 1.807) is 11.6 Å². The Hall–Kier alpha value is -2.99. The molecule has 1 amide bonds. The van der Waals surface area contributed by atoms with Crippen LogP contribution in [0, 0.1) is 0 Å². The number of nitrogens with zero attached hydrogens (tertiary/aromatic N) is 2. The van der Waals surface area contributed by atoms with Gasteiger partial charge in [-0.05, 0) is 25.1 Å². The Balaban J connectivity index is 1.66. The minimum absolute atomic E-state index is 0.0122. The summed E-state index contributed by atoms with van der Waals surface area (Å²) >= 11 is 1.46. The number of aromatic nitrogens is 2. The normalized spacial score (nSPS) is 14.9. The van der Waals surface area contributed by atoms with Gasteiger partial charge in [-0.25, -0.2) is 14.4 Å². The SMILES string of the molecule is CC(O)([C@H](F)CNC(=O)c1cnc(Nc2ccc3ncsc3c2)cc1N)C(F)(F)F. The number of carbonyl (C=O) groups is 1. The molecule has 0 aliphatic rings. The minimum Gasteiger partial charge on any atom is -0.398 e. The predicted molar refractivity (Wildman–Crippen MR) is 105 cm³/mol. The molecule has 5 N–H and O–H groups in total. The average molecular weight is 443 g/mol. The molecule has 0 spiro atoms. The lowest BCUT2D eigenvalue weighted by molar-refractivity contribution is -0.272. The highest BCUT2D eigenvalue weighted by Gasteiger charge is 2.55. The van der Waals surface area contributed by atoms with Crippen molar-refractivity contribution in [3.63, 3.8) is 0 Å². The summed E-state index contributed by atoms with van der Waals surface area (Å²) in [4.78, 5) is 20.4. The summed E-state index contributed by atoms with van der Waals surface area (Å²) in [5.41, 5.74) is 5.36. The molecule has 2 aromatic heterocycles. The summed E-state index contributed by atoms with van der Waals surface area (Å²) < 4.78 is 52.7. The number of nitrogens with one attached hydrogen (secondary N) is 2. The van der Waals surface area contributed by atoms with Crippen LogP contribution in [-0.4, -0.2) is 45.5 Å². The third-order valence-corrected chi connectivity index (χ3v) is 5.20. The molecule has 1 aromatic carbocycles. The van der Waals surface area contributed by atoms with E-state index in [9.17, 15) is 27.5 Å². The van der Waals surface area contributed by atoms with Crippen LogP contribution < -0.4 is 16.4 Å². The number of benzene rings is 1. The van der Waals surface area contributed by atoms with Crippen molar-refractivity contribution in [2.75, 3.05) is 17.6 Å². The van der Waals surface area contributed by atoms with Crippen molar-refractivity contribution in [2.24, 2.45) is 0 Å². The number of pyridine rings is 1. The fraction of sp³-hybridized carbons (Fsp3) is 0.278. The van der Waals surface area contributed by atoms with Crippen molar-refractivity contribution in [3.05, 3.63) is 41.5 Å². The first-order chi connectivity index (χ1) is 14.0. The maximum atomic E-state index is 13.8. The lowest BCUT2D eigenvalue weighted by atomic mass is 10.00.